The molecule has 40 heavy (non-hydrogen) atoms. The van der Waals surface area contributed by atoms with Crippen LogP contribution < -0.4 is 15.4 Å². The van der Waals surface area contributed by atoms with Gasteiger partial charge in [-0.05, 0) is 84.4 Å². The topological polar surface area (TPSA) is 86.6 Å². The van der Waals surface area contributed by atoms with Gasteiger partial charge in [0.1, 0.15) is 18.6 Å². The zero-order valence-electron chi connectivity index (χ0n) is 24.4. The molecule has 0 aliphatic carbocycles. The van der Waals surface area contributed by atoms with Crippen LogP contribution >= 0.6 is 0 Å². The molecule has 0 aliphatic heterocycles. The van der Waals surface area contributed by atoms with E-state index >= 15 is 0 Å². The second-order valence-corrected chi connectivity index (χ2v) is 9.69. The lowest BCUT2D eigenvalue weighted by atomic mass is 9.86. The number of aliphatic hydroxyl groups excluding tert-OH is 1. The van der Waals surface area contributed by atoms with Crippen LogP contribution in [-0.2, 0) is 4.74 Å². The smallest absolute Gasteiger partial charge is 0.127 e. The molecule has 0 radical (unpaired) electrons. The van der Waals surface area contributed by atoms with Crippen molar-refractivity contribution in [2.75, 3.05) is 38.2 Å². The standard InChI is InChI=1S/C34H45N3O3/c1-5-10-33(39-7-3)37-32-18-15-27(23-28(32)24-35)34(30(6-2)31-12-9-8-11-25(31)4)26-13-16-29(17-14-26)40-22-20-36-19-21-38/h8-9,11-18,23-24,33,35-38H,5-7,10,19-22H2,1-4H3/b34-30+,35-24?. The number of aryl methyl sites for hydroxylation is 1. The van der Waals surface area contributed by atoms with E-state index < -0.39 is 0 Å². The van der Waals surface area contributed by atoms with E-state index in [0.717, 1.165) is 53.0 Å². The fraction of sp³-hybridized carbons (Fsp3) is 0.382. The minimum absolute atomic E-state index is 0.0842. The number of allylic oxidation sites excluding steroid dienone is 1. The second-order valence-electron chi connectivity index (χ2n) is 9.69. The molecule has 6 heteroatoms. The van der Waals surface area contributed by atoms with Crippen LogP contribution in [-0.4, -0.2) is 50.5 Å². The number of nitrogens with one attached hydrogen (secondary N) is 3. The van der Waals surface area contributed by atoms with Crippen LogP contribution in [0, 0.1) is 12.3 Å². The third-order valence-corrected chi connectivity index (χ3v) is 6.84. The van der Waals surface area contributed by atoms with Crippen LogP contribution in [0.5, 0.6) is 5.75 Å². The van der Waals surface area contributed by atoms with Gasteiger partial charge in [-0.25, -0.2) is 0 Å². The first-order valence-corrected chi connectivity index (χ1v) is 14.4. The average molecular weight is 544 g/mol. The predicted molar refractivity (Wildman–Crippen MR) is 168 cm³/mol. The number of aliphatic hydroxyl groups is 1. The highest BCUT2D eigenvalue weighted by Crippen LogP contribution is 2.37. The van der Waals surface area contributed by atoms with Gasteiger partial charge in [-0.3, -0.25) is 0 Å². The van der Waals surface area contributed by atoms with Crippen LogP contribution in [0.4, 0.5) is 5.69 Å². The molecule has 1 unspecified atom stereocenters. The molecule has 0 aromatic heterocycles. The van der Waals surface area contributed by atoms with Crippen molar-refractivity contribution < 1.29 is 14.6 Å². The van der Waals surface area contributed by atoms with Crippen molar-refractivity contribution in [1.82, 2.24) is 5.32 Å². The summed E-state index contributed by atoms with van der Waals surface area (Å²) in [5.74, 6) is 0.806. The van der Waals surface area contributed by atoms with Gasteiger partial charge in [-0.1, -0.05) is 62.7 Å². The fourth-order valence-corrected chi connectivity index (χ4v) is 4.89. The van der Waals surface area contributed by atoms with Gasteiger partial charge in [0.05, 0.1) is 6.61 Å². The van der Waals surface area contributed by atoms with Crippen molar-refractivity contribution in [2.24, 2.45) is 0 Å². The Morgan fingerprint density at radius 1 is 0.975 bits per heavy atom. The molecule has 3 rings (SSSR count). The molecule has 0 spiro atoms. The van der Waals surface area contributed by atoms with E-state index in [1.807, 2.05) is 19.1 Å². The number of hydrogen-bond acceptors (Lipinski definition) is 6. The molecular weight excluding hydrogens is 498 g/mol. The molecule has 3 aromatic carbocycles. The number of anilines is 1. The minimum Gasteiger partial charge on any atom is -0.492 e. The zero-order valence-corrected chi connectivity index (χ0v) is 24.4. The Labute approximate surface area is 240 Å². The summed E-state index contributed by atoms with van der Waals surface area (Å²) in [6.07, 6.45) is 4.10. The first kappa shape index (κ1) is 31.1. The Morgan fingerprint density at radius 3 is 2.38 bits per heavy atom. The van der Waals surface area contributed by atoms with Gasteiger partial charge >= 0.3 is 0 Å². The van der Waals surface area contributed by atoms with E-state index in [9.17, 15) is 0 Å². The first-order valence-electron chi connectivity index (χ1n) is 14.4. The lowest BCUT2D eigenvalue weighted by molar-refractivity contribution is 0.0762. The van der Waals surface area contributed by atoms with Gasteiger partial charge in [0.2, 0.25) is 0 Å². The summed E-state index contributed by atoms with van der Waals surface area (Å²) < 4.78 is 11.8. The van der Waals surface area contributed by atoms with Crippen molar-refractivity contribution in [3.05, 3.63) is 94.5 Å². The highest BCUT2D eigenvalue weighted by atomic mass is 16.5. The lowest BCUT2D eigenvalue weighted by Crippen LogP contribution is -2.23. The molecule has 0 bridgehead atoms. The quantitative estimate of drug-likeness (QED) is 0.0644. The molecule has 6 nitrogen and oxygen atoms in total. The van der Waals surface area contributed by atoms with Crippen LogP contribution in [0.25, 0.3) is 11.1 Å². The van der Waals surface area contributed by atoms with E-state index in [1.165, 1.54) is 22.9 Å². The van der Waals surface area contributed by atoms with E-state index in [1.54, 1.807) is 0 Å². The van der Waals surface area contributed by atoms with Crippen molar-refractivity contribution in [3.63, 3.8) is 0 Å². The van der Waals surface area contributed by atoms with Gasteiger partial charge in [-0.2, -0.15) is 0 Å². The second kappa shape index (κ2) is 16.6. The Kier molecular flexibility index (Phi) is 12.9. The molecule has 0 fully saturated rings. The van der Waals surface area contributed by atoms with E-state index in [4.69, 9.17) is 20.0 Å². The molecule has 3 aromatic rings. The monoisotopic (exact) mass is 543 g/mol. The number of ether oxygens (including phenoxy) is 2. The minimum atomic E-state index is -0.0842. The van der Waals surface area contributed by atoms with Crippen LogP contribution in [0.15, 0.2) is 66.7 Å². The van der Waals surface area contributed by atoms with E-state index in [-0.39, 0.29) is 12.8 Å². The third kappa shape index (κ3) is 8.52. The molecule has 0 saturated heterocycles. The Morgan fingerprint density at radius 2 is 1.73 bits per heavy atom. The van der Waals surface area contributed by atoms with Gasteiger partial charge in [0.15, 0.2) is 0 Å². The maximum absolute atomic E-state index is 8.92. The molecule has 0 heterocycles. The molecule has 4 N–H and O–H groups in total. The predicted octanol–water partition coefficient (Wildman–Crippen LogP) is 6.90. The summed E-state index contributed by atoms with van der Waals surface area (Å²) in [7, 11) is 0. The Bertz CT molecular complexity index is 1230. The Balaban J connectivity index is 2.05. The highest BCUT2D eigenvalue weighted by molar-refractivity contribution is 6.00. The third-order valence-electron chi connectivity index (χ3n) is 6.84. The SMILES string of the molecule is CCCC(Nc1ccc(/C(=C(\CC)c2ccccc2C)c2ccc(OCCNCCO)cc2)cc1C=N)OCC. The largest absolute Gasteiger partial charge is 0.492 e. The van der Waals surface area contributed by atoms with Crippen LogP contribution in [0.3, 0.4) is 0 Å². The van der Waals surface area contributed by atoms with Crippen molar-refractivity contribution in [1.29, 1.82) is 5.41 Å². The number of hydrogen-bond donors (Lipinski definition) is 4. The molecule has 1 atom stereocenters. The zero-order chi connectivity index (χ0) is 28.7. The maximum atomic E-state index is 8.92. The van der Waals surface area contributed by atoms with Crippen molar-refractivity contribution in [2.45, 2.75) is 53.2 Å². The van der Waals surface area contributed by atoms with Gasteiger partial charge in [0, 0.05) is 37.2 Å². The first-order chi connectivity index (χ1) is 19.6. The van der Waals surface area contributed by atoms with Crippen LogP contribution in [0.1, 0.15) is 67.9 Å². The summed E-state index contributed by atoms with van der Waals surface area (Å²) in [6, 6.07) is 23.1. The molecule has 0 amide bonds. The highest BCUT2D eigenvalue weighted by Gasteiger charge is 2.17. The fourth-order valence-electron chi connectivity index (χ4n) is 4.89. The van der Waals surface area contributed by atoms with Crippen LogP contribution in [0.2, 0.25) is 0 Å². The summed E-state index contributed by atoms with van der Waals surface area (Å²) >= 11 is 0. The number of benzene rings is 3. The van der Waals surface area contributed by atoms with E-state index in [0.29, 0.717) is 26.3 Å². The summed E-state index contributed by atoms with van der Waals surface area (Å²) in [4.78, 5) is 0. The lowest BCUT2D eigenvalue weighted by Gasteiger charge is -2.22. The molecule has 0 saturated carbocycles. The van der Waals surface area contributed by atoms with Gasteiger partial charge in [-0.15, -0.1) is 0 Å². The van der Waals surface area contributed by atoms with E-state index in [2.05, 4.69) is 86.0 Å². The Hall–Kier alpha value is -3.45. The summed E-state index contributed by atoms with van der Waals surface area (Å²) in [5, 5.41) is 23.8. The molecule has 214 valence electrons. The van der Waals surface area contributed by atoms with Gasteiger partial charge in [0.25, 0.3) is 0 Å². The number of rotatable bonds is 17. The maximum Gasteiger partial charge on any atom is 0.127 e. The van der Waals surface area contributed by atoms with Gasteiger partial charge < -0.3 is 30.6 Å². The summed E-state index contributed by atoms with van der Waals surface area (Å²) in [6.45, 7) is 11.0. The molecule has 0 aliphatic rings. The van der Waals surface area contributed by atoms with Crippen molar-refractivity contribution >= 4 is 23.0 Å². The average Bonchev–Trinajstić information content (AvgIpc) is 2.97. The summed E-state index contributed by atoms with van der Waals surface area (Å²) in [5.41, 5.74) is 8.76. The normalized spacial score (nSPS) is 12.5. The molecular formula is C34H45N3O3. The van der Waals surface area contributed by atoms with Crippen molar-refractivity contribution in [3.8, 4) is 5.75 Å².